The summed E-state index contributed by atoms with van der Waals surface area (Å²) >= 11 is 1.22. The maximum Gasteiger partial charge on any atom is 0.332 e. The van der Waals surface area contributed by atoms with E-state index in [2.05, 4.69) is 15.5 Å². The van der Waals surface area contributed by atoms with Crippen molar-refractivity contribution in [3.8, 4) is 10.8 Å². The van der Waals surface area contributed by atoms with Crippen LogP contribution in [0.2, 0.25) is 0 Å². The van der Waals surface area contributed by atoms with Gasteiger partial charge >= 0.3 is 5.69 Å². The van der Waals surface area contributed by atoms with Gasteiger partial charge in [-0.2, -0.15) is 10.2 Å². The van der Waals surface area contributed by atoms with Gasteiger partial charge in [-0.25, -0.2) is 13.8 Å². The summed E-state index contributed by atoms with van der Waals surface area (Å²) in [5.74, 6) is -0.290. The first-order valence-corrected chi connectivity index (χ1v) is 16.8. The van der Waals surface area contributed by atoms with Gasteiger partial charge in [0, 0.05) is 18.7 Å². The first-order chi connectivity index (χ1) is 23.2. The second-order valence-corrected chi connectivity index (χ2v) is 13.0. The Kier molecular flexibility index (Phi) is 11.4. The fraction of sp³-hybridized carbons (Fsp3) is 0.400. The molecule has 1 unspecified atom stereocenters. The molecule has 4 heterocycles. The molecule has 1 saturated carbocycles. The average Bonchev–Trinajstić information content (AvgIpc) is 3.84. The Morgan fingerprint density at radius 1 is 0.980 bits per heavy atom. The number of aliphatic hydroxyl groups excluding tert-OH is 2. The van der Waals surface area contributed by atoms with Crippen LogP contribution in [-0.2, 0) is 24.4 Å². The Balaban J connectivity index is 0.000000459. The van der Waals surface area contributed by atoms with Crippen molar-refractivity contribution in [3.05, 3.63) is 104 Å². The number of carbonyl (C=O) groups excluding carboxylic acids is 1. The van der Waals surface area contributed by atoms with Crippen molar-refractivity contribution in [1.29, 1.82) is 0 Å². The molecule has 5 aromatic rings. The summed E-state index contributed by atoms with van der Waals surface area (Å²) in [4.78, 5) is 41.9. The molecule has 2 aromatic carbocycles. The van der Waals surface area contributed by atoms with Crippen molar-refractivity contribution in [2.45, 2.75) is 84.3 Å². The Morgan fingerprint density at radius 3 is 2.29 bits per heavy atom. The molecule has 0 spiro atoms. The average molecular weight is 693 g/mol. The number of rotatable bonds is 8. The van der Waals surface area contributed by atoms with E-state index in [1.165, 1.54) is 45.2 Å². The molecule has 1 aliphatic heterocycles. The second kappa shape index (κ2) is 15.7. The summed E-state index contributed by atoms with van der Waals surface area (Å²) < 4.78 is 22.9. The maximum atomic E-state index is 14.3. The number of carbonyl (C=O) groups is 1. The number of ether oxygens (including phenoxy) is 1. The van der Waals surface area contributed by atoms with Crippen LogP contribution >= 0.6 is 11.3 Å². The maximum absolute atomic E-state index is 14.3. The quantitative estimate of drug-likeness (QED) is 0.220. The van der Waals surface area contributed by atoms with E-state index in [1.54, 1.807) is 13.0 Å². The monoisotopic (exact) mass is 692 g/mol. The predicted octanol–water partition coefficient (Wildman–Crippen LogP) is 4.05. The highest BCUT2D eigenvalue weighted by Crippen LogP contribution is 2.31. The fourth-order valence-corrected chi connectivity index (χ4v) is 7.31. The number of halogens is 1. The van der Waals surface area contributed by atoms with Crippen molar-refractivity contribution in [2.24, 2.45) is 0 Å². The Hall–Kier alpha value is -4.66. The van der Waals surface area contributed by atoms with Gasteiger partial charge in [-0.1, -0.05) is 49.1 Å². The fourth-order valence-electron chi connectivity index (χ4n) is 6.07. The van der Waals surface area contributed by atoms with E-state index in [4.69, 9.17) is 14.9 Å². The van der Waals surface area contributed by atoms with Gasteiger partial charge < -0.3 is 20.3 Å². The number of amides is 1. The molecule has 1 saturated heterocycles. The molecular formula is C35H41FN6O6S. The van der Waals surface area contributed by atoms with E-state index < -0.39 is 23.1 Å². The molecule has 14 heteroatoms. The molecule has 260 valence electrons. The van der Waals surface area contributed by atoms with E-state index in [-0.39, 0.29) is 38.5 Å². The highest BCUT2D eigenvalue weighted by molar-refractivity contribution is 7.21. The van der Waals surface area contributed by atoms with Crippen molar-refractivity contribution in [1.82, 2.24) is 29.4 Å². The molecule has 3 N–H and O–H groups in total. The van der Waals surface area contributed by atoms with Gasteiger partial charge in [-0.05, 0) is 74.8 Å². The summed E-state index contributed by atoms with van der Waals surface area (Å²) in [6.07, 6.45) is 6.47. The van der Waals surface area contributed by atoms with Crippen LogP contribution in [0.4, 0.5) is 4.39 Å². The standard InChI is InChI=1S/C28H25FN6O4S.C6H12O2.CH4/c1-17-23-25(37)34(21-9-11-30-24(21)36)28(38)33(27(23)40-26(17)35-31-12-13-32-35)14-10-19-15-20(29)7-8-22(19)39-16-18-5-3-2-4-6-18;7-5-1-2-6(8)4-3-5;/h2-8,12-13,15,21H,9-11,14,16H2,1H3,(H,30,36);5-8H,1-4H2;1H4. The topological polar surface area (TPSA) is 154 Å². The molecule has 1 atom stereocenters. The van der Waals surface area contributed by atoms with E-state index >= 15 is 0 Å². The second-order valence-electron chi connectivity index (χ2n) is 12.0. The first kappa shape index (κ1) is 35.6. The van der Waals surface area contributed by atoms with Crippen LogP contribution in [0, 0.1) is 12.7 Å². The minimum absolute atomic E-state index is 0. The molecule has 0 radical (unpaired) electrons. The minimum Gasteiger partial charge on any atom is -0.489 e. The zero-order chi connectivity index (χ0) is 33.8. The number of aromatic nitrogens is 5. The Labute approximate surface area is 286 Å². The highest BCUT2D eigenvalue weighted by Gasteiger charge is 2.32. The number of aryl methyl sites for hydroxylation is 3. The summed E-state index contributed by atoms with van der Waals surface area (Å²) in [5.41, 5.74) is 1.03. The van der Waals surface area contributed by atoms with Crippen LogP contribution in [0.3, 0.4) is 0 Å². The lowest BCUT2D eigenvalue weighted by molar-refractivity contribution is -0.122. The number of nitrogens with zero attached hydrogens (tertiary/aromatic N) is 5. The SMILES string of the molecule is C.Cc1c(-n2nccn2)sc2c1c(=O)n(C1CCNC1=O)c(=O)n2CCc1cc(F)ccc1OCc1ccccc1.OC1CCC(O)CC1. The molecular weight excluding hydrogens is 651 g/mol. The van der Waals surface area contributed by atoms with Gasteiger partial charge in [0.15, 0.2) is 0 Å². The number of fused-ring (bicyclic) bond motifs is 1. The molecule has 1 amide bonds. The van der Waals surface area contributed by atoms with Crippen molar-refractivity contribution in [2.75, 3.05) is 6.54 Å². The van der Waals surface area contributed by atoms with Gasteiger partial charge in [0.1, 0.15) is 34.0 Å². The van der Waals surface area contributed by atoms with Crippen LogP contribution in [0.15, 0.2) is 70.5 Å². The smallest absolute Gasteiger partial charge is 0.332 e. The molecule has 7 rings (SSSR count). The number of thiophene rings is 1. The lowest BCUT2D eigenvalue weighted by Gasteiger charge is -2.20. The molecule has 2 aliphatic rings. The van der Waals surface area contributed by atoms with Crippen LogP contribution in [-0.4, -0.2) is 59.0 Å². The summed E-state index contributed by atoms with van der Waals surface area (Å²) in [6.45, 7) is 2.58. The number of hydrogen-bond donors (Lipinski definition) is 3. The molecule has 1 aliphatic carbocycles. The normalized spacial score (nSPS) is 18.8. The van der Waals surface area contributed by atoms with Crippen molar-refractivity contribution >= 4 is 27.5 Å². The third kappa shape index (κ3) is 7.82. The molecule has 3 aromatic heterocycles. The van der Waals surface area contributed by atoms with Gasteiger partial charge in [-0.3, -0.25) is 14.2 Å². The molecule has 2 fully saturated rings. The number of benzene rings is 2. The first-order valence-electron chi connectivity index (χ1n) is 16.0. The van der Waals surface area contributed by atoms with Crippen LogP contribution < -0.4 is 21.3 Å². The van der Waals surface area contributed by atoms with Crippen molar-refractivity contribution < 1.29 is 24.1 Å². The number of aliphatic hydroxyl groups is 2. The van der Waals surface area contributed by atoms with Gasteiger partial charge in [-0.15, -0.1) is 4.80 Å². The third-order valence-electron chi connectivity index (χ3n) is 8.68. The summed E-state index contributed by atoms with van der Waals surface area (Å²) in [6, 6.07) is 13.0. The molecule has 49 heavy (non-hydrogen) atoms. The van der Waals surface area contributed by atoms with Gasteiger partial charge in [0.05, 0.1) is 30.0 Å². The van der Waals surface area contributed by atoms with Gasteiger partial charge in [0.25, 0.3) is 5.56 Å². The summed E-state index contributed by atoms with van der Waals surface area (Å²) in [5, 5.41) is 29.8. The molecule has 12 nitrogen and oxygen atoms in total. The minimum atomic E-state index is -0.903. The zero-order valence-corrected chi connectivity index (χ0v) is 27.2. The summed E-state index contributed by atoms with van der Waals surface area (Å²) in [7, 11) is 0. The van der Waals surface area contributed by atoms with Crippen LogP contribution in [0.1, 0.15) is 62.3 Å². The predicted molar refractivity (Wildman–Crippen MR) is 185 cm³/mol. The third-order valence-corrected chi connectivity index (χ3v) is 9.96. The van der Waals surface area contributed by atoms with Gasteiger partial charge in [0.2, 0.25) is 5.91 Å². The Bertz CT molecular complexity index is 1990. The largest absolute Gasteiger partial charge is 0.489 e. The lowest BCUT2D eigenvalue weighted by atomic mass is 9.95. The highest BCUT2D eigenvalue weighted by atomic mass is 32.1. The number of nitrogens with one attached hydrogen (secondary N) is 1. The van der Waals surface area contributed by atoms with E-state index in [1.807, 2.05) is 30.3 Å². The van der Waals surface area contributed by atoms with E-state index in [9.17, 15) is 18.8 Å². The Morgan fingerprint density at radius 2 is 1.65 bits per heavy atom. The van der Waals surface area contributed by atoms with Crippen LogP contribution in [0.5, 0.6) is 5.75 Å². The lowest BCUT2D eigenvalue weighted by Crippen LogP contribution is -2.44. The zero-order valence-electron chi connectivity index (χ0n) is 26.4. The van der Waals surface area contributed by atoms with E-state index in [0.29, 0.717) is 51.7 Å². The van der Waals surface area contributed by atoms with Crippen LogP contribution in [0.25, 0.3) is 15.2 Å². The molecule has 0 bridgehead atoms. The van der Waals surface area contributed by atoms with E-state index in [0.717, 1.165) is 35.8 Å². The van der Waals surface area contributed by atoms with Crippen molar-refractivity contribution in [3.63, 3.8) is 0 Å². The number of hydrogen-bond acceptors (Lipinski definition) is 9.